The van der Waals surface area contributed by atoms with E-state index in [0.29, 0.717) is 0 Å². The number of nitrogens with zero attached hydrogens (tertiary/aromatic N) is 2. The highest BCUT2D eigenvalue weighted by molar-refractivity contribution is 6.02. The number of aryl methyl sites for hydroxylation is 1. The van der Waals surface area contributed by atoms with Crippen molar-refractivity contribution in [1.82, 2.24) is 4.90 Å². The Morgan fingerprint density at radius 3 is 2.44 bits per heavy atom. The van der Waals surface area contributed by atoms with Crippen molar-refractivity contribution in [3.63, 3.8) is 0 Å². The van der Waals surface area contributed by atoms with Gasteiger partial charge >= 0.3 is 0 Å². The summed E-state index contributed by atoms with van der Waals surface area (Å²) in [6.45, 7) is 3.66. The van der Waals surface area contributed by atoms with Crippen LogP contribution in [0, 0.1) is 18.6 Å². The van der Waals surface area contributed by atoms with Gasteiger partial charge in [0.2, 0.25) is 5.91 Å². The smallest absolute Gasteiger partial charge is 0.260 e. The number of hydrogen-bond acceptors (Lipinski definition) is 3. The topological polar surface area (TPSA) is 49.9 Å². The number of rotatable bonds is 3. The molecule has 1 saturated heterocycles. The van der Waals surface area contributed by atoms with E-state index < -0.39 is 29.1 Å². The van der Waals surface area contributed by atoms with E-state index in [1.165, 1.54) is 12.0 Å². The van der Waals surface area contributed by atoms with E-state index in [0.717, 1.165) is 23.4 Å². The van der Waals surface area contributed by atoms with Crippen LogP contribution in [0.4, 0.5) is 14.5 Å². The van der Waals surface area contributed by atoms with E-state index in [-0.39, 0.29) is 24.7 Å². The lowest BCUT2D eigenvalue weighted by Gasteiger charge is -2.39. The maximum Gasteiger partial charge on any atom is 0.260 e. The Morgan fingerprint density at radius 2 is 1.85 bits per heavy atom. The largest absolute Gasteiger partial charge is 0.497 e. The second-order valence-electron chi connectivity index (χ2n) is 6.59. The predicted molar refractivity (Wildman–Crippen MR) is 96.9 cm³/mol. The second kappa shape index (κ2) is 7.34. The van der Waals surface area contributed by atoms with Crippen LogP contribution in [0.5, 0.6) is 5.75 Å². The van der Waals surface area contributed by atoms with Crippen LogP contribution < -0.4 is 9.64 Å². The molecule has 0 spiro atoms. The van der Waals surface area contributed by atoms with Gasteiger partial charge in [0.05, 0.1) is 7.11 Å². The van der Waals surface area contributed by atoms with E-state index in [9.17, 15) is 18.4 Å². The molecule has 1 fully saturated rings. The van der Waals surface area contributed by atoms with Crippen LogP contribution >= 0.6 is 0 Å². The third kappa shape index (κ3) is 3.63. The minimum absolute atomic E-state index is 0.0186. The third-order valence-corrected chi connectivity index (χ3v) is 4.62. The van der Waals surface area contributed by atoms with Gasteiger partial charge in [0.15, 0.2) is 0 Å². The molecule has 2 aromatic carbocycles. The molecule has 0 aromatic heterocycles. The first-order valence-corrected chi connectivity index (χ1v) is 8.53. The number of carbonyl (C=O) groups excluding carboxylic acids is 2. The van der Waals surface area contributed by atoms with Crippen LogP contribution in [0.25, 0.3) is 0 Å². The molecule has 0 aliphatic carbocycles. The number of carbonyl (C=O) groups is 2. The van der Waals surface area contributed by atoms with Gasteiger partial charge in [0, 0.05) is 30.4 Å². The molecular formula is C20H20F2N2O3. The Morgan fingerprint density at radius 1 is 1.19 bits per heavy atom. The fraction of sp³-hybridized carbons (Fsp3) is 0.300. The molecule has 3 rings (SSSR count). The molecule has 1 heterocycles. The number of hydrogen-bond donors (Lipinski definition) is 0. The molecule has 0 bridgehead atoms. The standard InChI is InChI=1S/C20H20F2N2O3/c1-12-5-4-6-14(7-12)24-10-13(2)23(11-18(24)25)20(26)19-16(21)8-15(27-3)9-17(19)22/h4-9,13H,10-11H2,1-3H3. The zero-order valence-electron chi connectivity index (χ0n) is 15.3. The van der Waals surface area contributed by atoms with Crippen molar-refractivity contribution in [2.45, 2.75) is 19.9 Å². The van der Waals surface area contributed by atoms with E-state index in [1.807, 2.05) is 31.2 Å². The second-order valence-corrected chi connectivity index (χ2v) is 6.59. The molecular weight excluding hydrogens is 354 g/mol. The summed E-state index contributed by atoms with van der Waals surface area (Å²) in [6.07, 6.45) is 0. The maximum atomic E-state index is 14.3. The highest BCUT2D eigenvalue weighted by Gasteiger charge is 2.35. The Hall–Kier alpha value is -2.96. The first-order valence-electron chi connectivity index (χ1n) is 8.53. The highest BCUT2D eigenvalue weighted by Crippen LogP contribution is 2.26. The van der Waals surface area contributed by atoms with Crippen molar-refractivity contribution in [3.05, 3.63) is 59.2 Å². The van der Waals surface area contributed by atoms with Crippen LogP contribution in [0.3, 0.4) is 0 Å². The van der Waals surface area contributed by atoms with Crippen LogP contribution in [0.2, 0.25) is 0 Å². The van der Waals surface area contributed by atoms with Gasteiger partial charge in [-0.15, -0.1) is 0 Å². The molecule has 1 unspecified atom stereocenters. The number of methoxy groups -OCH3 is 1. The van der Waals surface area contributed by atoms with Gasteiger partial charge in [-0.2, -0.15) is 0 Å². The van der Waals surface area contributed by atoms with Crippen molar-refractivity contribution in [2.24, 2.45) is 0 Å². The van der Waals surface area contributed by atoms with E-state index in [1.54, 1.807) is 11.8 Å². The van der Waals surface area contributed by atoms with E-state index in [2.05, 4.69) is 0 Å². The quantitative estimate of drug-likeness (QED) is 0.829. The van der Waals surface area contributed by atoms with Gasteiger partial charge in [-0.3, -0.25) is 9.59 Å². The molecule has 142 valence electrons. The van der Waals surface area contributed by atoms with Gasteiger partial charge in [0.1, 0.15) is 29.5 Å². The normalized spacial score (nSPS) is 17.2. The molecule has 7 heteroatoms. The van der Waals surface area contributed by atoms with Crippen LogP contribution in [-0.2, 0) is 4.79 Å². The first-order chi connectivity index (χ1) is 12.8. The molecule has 2 amide bonds. The Balaban J connectivity index is 1.86. The predicted octanol–water partition coefficient (Wildman–Crippen LogP) is 3.16. The minimum atomic E-state index is -1.02. The number of amides is 2. The summed E-state index contributed by atoms with van der Waals surface area (Å²) in [5.74, 6) is -3.20. The number of halogens is 2. The molecule has 27 heavy (non-hydrogen) atoms. The summed E-state index contributed by atoms with van der Waals surface area (Å²) in [4.78, 5) is 28.1. The van der Waals surface area contributed by atoms with Crippen molar-refractivity contribution >= 4 is 17.5 Å². The van der Waals surface area contributed by atoms with Crippen molar-refractivity contribution in [3.8, 4) is 5.75 Å². The summed E-state index contributed by atoms with van der Waals surface area (Å²) in [7, 11) is 1.28. The van der Waals surface area contributed by atoms with Gasteiger partial charge < -0.3 is 14.5 Å². The Kier molecular flexibility index (Phi) is 5.12. The molecule has 0 N–H and O–H groups in total. The summed E-state index contributed by atoms with van der Waals surface area (Å²) < 4.78 is 33.3. The molecule has 0 saturated carbocycles. The molecule has 2 aromatic rings. The molecule has 0 radical (unpaired) electrons. The van der Waals surface area contributed by atoms with E-state index in [4.69, 9.17) is 4.74 Å². The number of anilines is 1. The number of ether oxygens (including phenoxy) is 1. The van der Waals surface area contributed by atoms with Crippen LogP contribution in [0.15, 0.2) is 36.4 Å². The highest BCUT2D eigenvalue weighted by atomic mass is 19.1. The molecule has 1 aliphatic rings. The molecule has 5 nitrogen and oxygen atoms in total. The minimum Gasteiger partial charge on any atom is -0.497 e. The zero-order valence-corrected chi connectivity index (χ0v) is 15.3. The lowest BCUT2D eigenvalue weighted by molar-refractivity contribution is -0.121. The Labute approximate surface area is 156 Å². The van der Waals surface area contributed by atoms with Crippen LogP contribution in [-0.4, -0.2) is 43.0 Å². The van der Waals surface area contributed by atoms with Gasteiger partial charge in [-0.25, -0.2) is 8.78 Å². The fourth-order valence-electron chi connectivity index (χ4n) is 3.18. The Bertz CT molecular complexity index is 878. The number of benzene rings is 2. The lowest BCUT2D eigenvalue weighted by Crippen LogP contribution is -2.57. The van der Waals surface area contributed by atoms with Crippen molar-refractivity contribution in [2.75, 3.05) is 25.1 Å². The van der Waals surface area contributed by atoms with E-state index >= 15 is 0 Å². The molecule has 1 aliphatic heterocycles. The fourth-order valence-corrected chi connectivity index (χ4v) is 3.18. The lowest BCUT2D eigenvalue weighted by atomic mass is 10.1. The average Bonchev–Trinajstić information content (AvgIpc) is 2.62. The monoisotopic (exact) mass is 374 g/mol. The summed E-state index contributed by atoms with van der Waals surface area (Å²) in [6, 6.07) is 8.96. The van der Waals surface area contributed by atoms with Crippen molar-refractivity contribution < 1.29 is 23.1 Å². The summed E-state index contributed by atoms with van der Waals surface area (Å²) in [5.41, 5.74) is 1.06. The van der Waals surface area contributed by atoms with Crippen molar-refractivity contribution in [1.29, 1.82) is 0 Å². The van der Waals surface area contributed by atoms with Gasteiger partial charge in [-0.1, -0.05) is 12.1 Å². The van der Waals surface area contributed by atoms with Gasteiger partial charge in [-0.05, 0) is 31.5 Å². The average molecular weight is 374 g/mol. The third-order valence-electron chi connectivity index (χ3n) is 4.62. The molecule has 1 atom stereocenters. The maximum absolute atomic E-state index is 14.3. The first kappa shape index (κ1) is 18.8. The van der Waals surface area contributed by atoms with Gasteiger partial charge in [0.25, 0.3) is 5.91 Å². The van der Waals surface area contributed by atoms with Crippen LogP contribution in [0.1, 0.15) is 22.8 Å². The zero-order chi connectivity index (χ0) is 19.7. The number of piperazine rings is 1. The summed E-state index contributed by atoms with van der Waals surface area (Å²) >= 11 is 0. The SMILES string of the molecule is COc1cc(F)c(C(=O)N2CC(=O)N(c3cccc(C)c3)CC2C)c(F)c1. The summed E-state index contributed by atoms with van der Waals surface area (Å²) in [5, 5.41) is 0.